The highest BCUT2D eigenvalue weighted by Gasteiger charge is 2.31. The van der Waals surface area contributed by atoms with Crippen LogP contribution in [0.5, 0.6) is 0 Å². The normalized spacial score (nSPS) is 11.5. The molecule has 0 saturated carbocycles. The highest BCUT2D eigenvalue weighted by molar-refractivity contribution is 5.89. The highest BCUT2D eigenvalue weighted by atomic mass is 19.4. The molecule has 0 bridgehead atoms. The Morgan fingerprint density at radius 1 is 1.17 bits per heavy atom. The van der Waals surface area contributed by atoms with Crippen molar-refractivity contribution in [1.29, 1.82) is 0 Å². The van der Waals surface area contributed by atoms with Crippen LogP contribution in [0.3, 0.4) is 0 Å². The number of carbonyl (C=O) groups is 1. The minimum Gasteiger partial charge on any atom is -0.459 e. The molecule has 3 aromatic rings. The summed E-state index contributed by atoms with van der Waals surface area (Å²) in [4.78, 5) is 11.8. The van der Waals surface area contributed by atoms with E-state index in [0.717, 1.165) is 12.1 Å². The number of hydrogen-bond donors (Lipinski definition) is 0. The Balaban J connectivity index is 1.66. The summed E-state index contributed by atoms with van der Waals surface area (Å²) in [6.45, 7) is -0.372. The molecule has 6 nitrogen and oxygen atoms in total. The third-order valence-corrected chi connectivity index (χ3v) is 2.95. The number of ether oxygens (including phenoxy) is 1. The van der Waals surface area contributed by atoms with Crippen LogP contribution in [0.25, 0.3) is 11.7 Å². The van der Waals surface area contributed by atoms with Crippen molar-refractivity contribution >= 4 is 5.97 Å². The standard InChI is InChI=1S/C15H9F3N2O4/c16-15(17,18)10-4-1-3-9(7-10)14(21)23-8-12-19-20-13(24-12)11-5-2-6-22-11/h1-7H,8H2. The zero-order chi connectivity index (χ0) is 17.2. The summed E-state index contributed by atoms with van der Waals surface area (Å²) in [5, 5.41) is 7.37. The molecule has 0 atom stereocenters. The van der Waals surface area contributed by atoms with Crippen LogP contribution >= 0.6 is 0 Å². The molecule has 9 heteroatoms. The van der Waals surface area contributed by atoms with Gasteiger partial charge in [0.2, 0.25) is 0 Å². The molecule has 24 heavy (non-hydrogen) atoms. The second kappa shape index (κ2) is 6.19. The molecule has 0 radical (unpaired) electrons. The first-order valence-electron chi connectivity index (χ1n) is 6.64. The van der Waals surface area contributed by atoms with Crippen molar-refractivity contribution in [2.75, 3.05) is 0 Å². The van der Waals surface area contributed by atoms with Crippen LogP contribution in [0.2, 0.25) is 0 Å². The van der Waals surface area contributed by atoms with E-state index in [4.69, 9.17) is 13.6 Å². The van der Waals surface area contributed by atoms with Crippen molar-refractivity contribution < 1.29 is 31.5 Å². The Labute approximate surface area is 132 Å². The van der Waals surface area contributed by atoms with Crippen LogP contribution in [0.1, 0.15) is 21.8 Å². The molecule has 1 aromatic carbocycles. The van der Waals surface area contributed by atoms with Gasteiger partial charge in [0.1, 0.15) is 0 Å². The lowest BCUT2D eigenvalue weighted by Crippen LogP contribution is -2.09. The molecule has 3 rings (SSSR count). The quantitative estimate of drug-likeness (QED) is 0.675. The molecule has 0 aliphatic rings. The van der Waals surface area contributed by atoms with E-state index in [9.17, 15) is 18.0 Å². The Bertz CT molecular complexity index is 841. The number of aromatic nitrogens is 2. The van der Waals surface area contributed by atoms with Gasteiger partial charge in [-0.05, 0) is 30.3 Å². The maximum Gasteiger partial charge on any atom is 0.416 e. The lowest BCUT2D eigenvalue weighted by Gasteiger charge is -2.08. The van der Waals surface area contributed by atoms with E-state index in [2.05, 4.69) is 10.2 Å². The summed E-state index contributed by atoms with van der Waals surface area (Å²) in [6, 6.07) is 7.16. The molecule has 124 valence electrons. The molecule has 0 unspecified atom stereocenters. The van der Waals surface area contributed by atoms with Gasteiger partial charge in [-0.2, -0.15) is 13.2 Å². The number of nitrogens with zero attached hydrogens (tertiary/aromatic N) is 2. The fraction of sp³-hybridized carbons (Fsp3) is 0.133. The van der Waals surface area contributed by atoms with Gasteiger partial charge in [0.05, 0.1) is 17.4 Å². The largest absolute Gasteiger partial charge is 0.459 e. The summed E-state index contributed by atoms with van der Waals surface area (Å²) >= 11 is 0. The monoisotopic (exact) mass is 338 g/mol. The molecule has 2 heterocycles. The van der Waals surface area contributed by atoms with Crippen LogP contribution < -0.4 is 0 Å². The SMILES string of the molecule is O=C(OCc1nnc(-c2ccco2)o1)c1cccc(C(F)(F)F)c1. The van der Waals surface area contributed by atoms with E-state index < -0.39 is 17.7 Å². The van der Waals surface area contributed by atoms with Gasteiger partial charge in [-0.3, -0.25) is 0 Å². The van der Waals surface area contributed by atoms with Crippen LogP contribution in [-0.2, 0) is 17.5 Å². The molecule has 0 aliphatic heterocycles. The molecule has 0 fully saturated rings. The Morgan fingerprint density at radius 2 is 2.00 bits per heavy atom. The number of halogens is 3. The third-order valence-electron chi connectivity index (χ3n) is 2.95. The lowest BCUT2D eigenvalue weighted by atomic mass is 10.1. The molecule has 0 saturated heterocycles. The zero-order valence-electron chi connectivity index (χ0n) is 11.9. The summed E-state index contributed by atoms with van der Waals surface area (Å²) in [6.07, 6.45) is -3.12. The van der Waals surface area contributed by atoms with E-state index in [-0.39, 0.29) is 24.0 Å². The first kappa shape index (κ1) is 15.8. The van der Waals surface area contributed by atoms with Gasteiger partial charge in [0.15, 0.2) is 12.4 Å². The van der Waals surface area contributed by atoms with E-state index in [1.165, 1.54) is 12.3 Å². The summed E-state index contributed by atoms with van der Waals surface area (Å²) < 4.78 is 53.0. The first-order chi connectivity index (χ1) is 11.4. The highest BCUT2D eigenvalue weighted by Crippen LogP contribution is 2.29. The predicted molar refractivity (Wildman–Crippen MR) is 72.6 cm³/mol. The Kier molecular flexibility index (Phi) is 4.07. The second-order valence-corrected chi connectivity index (χ2v) is 4.63. The van der Waals surface area contributed by atoms with Crippen molar-refractivity contribution in [2.45, 2.75) is 12.8 Å². The predicted octanol–water partition coefficient (Wildman–Crippen LogP) is 3.71. The summed E-state index contributed by atoms with van der Waals surface area (Å²) in [7, 11) is 0. The van der Waals surface area contributed by atoms with E-state index in [1.54, 1.807) is 12.1 Å². The maximum absolute atomic E-state index is 12.6. The van der Waals surface area contributed by atoms with Crippen molar-refractivity contribution in [3.63, 3.8) is 0 Å². The van der Waals surface area contributed by atoms with Crippen molar-refractivity contribution in [3.05, 3.63) is 59.7 Å². The third kappa shape index (κ3) is 3.45. The van der Waals surface area contributed by atoms with E-state index in [0.29, 0.717) is 11.8 Å². The van der Waals surface area contributed by atoms with Gasteiger partial charge < -0.3 is 13.6 Å². The second-order valence-electron chi connectivity index (χ2n) is 4.63. The van der Waals surface area contributed by atoms with Crippen molar-refractivity contribution in [2.24, 2.45) is 0 Å². The lowest BCUT2D eigenvalue weighted by molar-refractivity contribution is -0.137. The number of alkyl halides is 3. The number of benzene rings is 1. The molecule has 0 N–H and O–H groups in total. The van der Waals surface area contributed by atoms with Crippen LogP contribution in [0.15, 0.2) is 51.5 Å². The summed E-state index contributed by atoms with van der Waals surface area (Å²) in [5.41, 5.74) is -1.16. The number of hydrogen-bond acceptors (Lipinski definition) is 6. The van der Waals surface area contributed by atoms with Gasteiger partial charge in [-0.1, -0.05) is 6.07 Å². The summed E-state index contributed by atoms with van der Waals surface area (Å²) in [5.74, 6) is -0.497. The average molecular weight is 338 g/mol. The average Bonchev–Trinajstić information content (AvgIpc) is 3.23. The molecular weight excluding hydrogens is 329 g/mol. The number of esters is 1. The van der Waals surface area contributed by atoms with Crippen LogP contribution in [0, 0.1) is 0 Å². The zero-order valence-corrected chi connectivity index (χ0v) is 11.9. The molecular formula is C15H9F3N2O4. The maximum atomic E-state index is 12.6. The molecule has 2 aromatic heterocycles. The topological polar surface area (TPSA) is 78.4 Å². The van der Waals surface area contributed by atoms with E-state index in [1.807, 2.05) is 0 Å². The van der Waals surface area contributed by atoms with Gasteiger partial charge >= 0.3 is 12.1 Å². The Morgan fingerprint density at radius 3 is 2.71 bits per heavy atom. The minimum absolute atomic E-state index is 0.0123. The smallest absolute Gasteiger partial charge is 0.416 e. The number of carbonyl (C=O) groups excluding carboxylic acids is 1. The fourth-order valence-electron chi connectivity index (χ4n) is 1.84. The van der Waals surface area contributed by atoms with Crippen molar-refractivity contribution in [1.82, 2.24) is 10.2 Å². The van der Waals surface area contributed by atoms with Crippen LogP contribution in [0.4, 0.5) is 13.2 Å². The minimum atomic E-state index is -4.54. The fourth-order valence-corrected chi connectivity index (χ4v) is 1.84. The van der Waals surface area contributed by atoms with Gasteiger partial charge in [0.25, 0.3) is 11.8 Å². The van der Waals surface area contributed by atoms with Crippen LogP contribution in [-0.4, -0.2) is 16.2 Å². The Hall–Kier alpha value is -3.10. The first-order valence-corrected chi connectivity index (χ1v) is 6.64. The number of furan rings is 1. The van der Waals surface area contributed by atoms with Gasteiger partial charge in [-0.25, -0.2) is 4.79 Å². The van der Waals surface area contributed by atoms with E-state index >= 15 is 0 Å². The molecule has 0 spiro atoms. The van der Waals surface area contributed by atoms with Crippen molar-refractivity contribution in [3.8, 4) is 11.7 Å². The van der Waals surface area contributed by atoms with Gasteiger partial charge in [-0.15, -0.1) is 10.2 Å². The number of rotatable bonds is 4. The molecule has 0 aliphatic carbocycles. The van der Waals surface area contributed by atoms with Gasteiger partial charge in [0, 0.05) is 0 Å². The molecule has 0 amide bonds.